The topological polar surface area (TPSA) is 90.9 Å². The van der Waals surface area contributed by atoms with Crippen molar-refractivity contribution < 1.29 is 8.42 Å². The Kier molecular flexibility index (Phi) is 2.31. The second-order valence-electron chi connectivity index (χ2n) is 4.18. The third-order valence-electron chi connectivity index (χ3n) is 2.73. The molecule has 1 aliphatic heterocycles. The number of aromatic nitrogens is 3. The highest BCUT2D eigenvalue weighted by atomic mass is 32.2. The fraction of sp³-hybridized carbons (Fsp3) is 0.750. The van der Waals surface area contributed by atoms with Crippen LogP contribution in [0.25, 0.3) is 0 Å². The van der Waals surface area contributed by atoms with Crippen LogP contribution in [0.4, 0.5) is 0 Å². The molecule has 84 valence electrons. The summed E-state index contributed by atoms with van der Waals surface area (Å²) in [5, 5.41) is 3.93. The summed E-state index contributed by atoms with van der Waals surface area (Å²) < 4.78 is 24.3. The van der Waals surface area contributed by atoms with Crippen molar-refractivity contribution in [1.82, 2.24) is 14.8 Å². The van der Waals surface area contributed by atoms with Crippen LogP contribution in [0.1, 0.15) is 12.2 Å². The van der Waals surface area contributed by atoms with E-state index in [4.69, 9.17) is 5.73 Å². The zero-order valence-corrected chi connectivity index (χ0v) is 9.37. The number of nitrogens with zero attached hydrogens (tertiary/aromatic N) is 3. The Morgan fingerprint density at radius 2 is 2.40 bits per heavy atom. The molecule has 2 N–H and O–H groups in total. The SMILES string of the molecule is Cn1ncnc1CC1(N)CCS(=O)(=O)C1. The Labute approximate surface area is 88.4 Å². The Morgan fingerprint density at radius 3 is 2.87 bits per heavy atom. The van der Waals surface area contributed by atoms with Crippen molar-refractivity contribution in [2.45, 2.75) is 18.4 Å². The first-order chi connectivity index (χ1) is 6.90. The molecule has 0 saturated carbocycles. The van der Waals surface area contributed by atoms with Gasteiger partial charge in [-0.15, -0.1) is 0 Å². The number of aryl methyl sites for hydroxylation is 1. The second kappa shape index (κ2) is 3.28. The maximum Gasteiger partial charge on any atom is 0.152 e. The third kappa shape index (κ3) is 2.18. The van der Waals surface area contributed by atoms with E-state index in [1.165, 1.54) is 6.33 Å². The molecule has 1 saturated heterocycles. The van der Waals surface area contributed by atoms with E-state index in [0.29, 0.717) is 12.8 Å². The average Bonchev–Trinajstić information content (AvgIpc) is 2.59. The van der Waals surface area contributed by atoms with E-state index in [1.54, 1.807) is 11.7 Å². The standard InChI is InChI=1S/C8H14N4O2S/c1-12-7(10-6-11-12)4-8(9)2-3-15(13,14)5-8/h6H,2-5,9H2,1H3. The average molecular weight is 230 g/mol. The monoisotopic (exact) mass is 230 g/mol. The lowest BCUT2D eigenvalue weighted by Gasteiger charge is -2.20. The quantitative estimate of drug-likeness (QED) is 0.694. The van der Waals surface area contributed by atoms with Gasteiger partial charge in [0, 0.05) is 19.0 Å². The van der Waals surface area contributed by atoms with E-state index >= 15 is 0 Å². The zero-order chi connectivity index (χ0) is 11.1. The molecule has 7 heteroatoms. The summed E-state index contributed by atoms with van der Waals surface area (Å²) in [5.41, 5.74) is 5.37. The van der Waals surface area contributed by atoms with Gasteiger partial charge in [0.25, 0.3) is 0 Å². The summed E-state index contributed by atoms with van der Waals surface area (Å²) in [5.74, 6) is 0.961. The molecule has 1 fully saturated rings. The molecule has 1 atom stereocenters. The molecule has 0 aliphatic carbocycles. The van der Waals surface area contributed by atoms with Crippen molar-refractivity contribution in [1.29, 1.82) is 0 Å². The smallest absolute Gasteiger partial charge is 0.152 e. The van der Waals surface area contributed by atoms with E-state index in [-0.39, 0.29) is 11.5 Å². The minimum absolute atomic E-state index is 0.0485. The molecular formula is C8H14N4O2S. The van der Waals surface area contributed by atoms with Crippen molar-refractivity contribution in [3.05, 3.63) is 12.2 Å². The highest BCUT2D eigenvalue weighted by Gasteiger charge is 2.39. The molecule has 1 aliphatic rings. The predicted octanol–water partition coefficient (Wildman–Crippen LogP) is -1.13. The van der Waals surface area contributed by atoms with Gasteiger partial charge in [0.15, 0.2) is 9.84 Å². The van der Waals surface area contributed by atoms with Gasteiger partial charge in [-0.2, -0.15) is 5.10 Å². The van der Waals surface area contributed by atoms with Gasteiger partial charge < -0.3 is 5.73 Å². The molecule has 0 amide bonds. The highest BCUT2D eigenvalue weighted by Crippen LogP contribution is 2.23. The van der Waals surface area contributed by atoms with Crippen LogP contribution in [0.5, 0.6) is 0 Å². The Bertz CT molecular complexity index is 467. The van der Waals surface area contributed by atoms with Gasteiger partial charge in [-0.1, -0.05) is 0 Å². The van der Waals surface area contributed by atoms with E-state index in [9.17, 15) is 8.42 Å². The maximum absolute atomic E-state index is 11.3. The summed E-state index contributed by atoms with van der Waals surface area (Å²) in [6, 6.07) is 0. The number of rotatable bonds is 2. The molecule has 1 unspecified atom stereocenters. The number of hydrogen-bond acceptors (Lipinski definition) is 5. The van der Waals surface area contributed by atoms with Crippen molar-refractivity contribution in [3.63, 3.8) is 0 Å². The lowest BCUT2D eigenvalue weighted by Crippen LogP contribution is -2.43. The first-order valence-electron chi connectivity index (χ1n) is 4.72. The molecule has 2 heterocycles. The molecule has 1 aromatic rings. The Balaban J connectivity index is 2.17. The summed E-state index contributed by atoms with van der Waals surface area (Å²) in [4.78, 5) is 4.05. The highest BCUT2D eigenvalue weighted by molar-refractivity contribution is 7.91. The van der Waals surface area contributed by atoms with E-state index in [2.05, 4.69) is 10.1 Å². The maximum atomic E-state index is 11.3. The first-order valence-corrected chi connectivity index (χ1v) is 6.55. The third-order valence-corrected chi connectivity index (χ3v) is 4.57. The van der Waals surface area contributed by atoms with Crippen LogP contribution in [0.15, 0.2) is 6.33 Å². The van der Waals surface area contributed by atoms with Crippen LogP contribution < -0.4 is 5.73 Å². The normalized spacial score (nSPS) is 29.5. The molecule has 0 bridgehead atoms. The van der Waals surface area contributed by atoms with E-state index < -0.39 is 15.4 Å². The van der Waals surface area contributed by atoms with Crippen molar-refractivity contribution >= 4 is 9.84 Å². The van der Waals surface area contributed by atoms with Gasteiger partial charge >= 0.3 is 0 Å². The number of hydrogen-bond donors (Lipinski definition) is 1. The molecule has 15 heavy (non-hydrogen) atoms. The van der Waals surface area contributed by atoms with Crippen LogP contribution in [-0.2, 0) is 23.3 Å². The van der Waals surface area contributed by atoms with Gasteiger partial charge in [0.2, 0.25) is 0 Å². The molecule has 0 spiro atoms. The summed E-state index contributed by atoms with van der Waals surface area (Å²) in [6.45, 7) is 0. The van der Waals surface area contributed by atoms with Crippen LogP contribution in [-0.4, -0.2) is 40.2 Å². The fourth-order valence-electron chi connectivity index (χ4n) is 1.88. The second-order valence-corrected chi connectivity index (χ2v) is 6.37. The lowest BCUT2D eigenvalue weighted by atomic mass is 9.96. The van der Waals surface area contributed by atoms with Crippen molar-refractivity contribution in [2.24, 2.45) is 12.8 Å². The Hall–Kier alpha value is -0.950. The van der Waals surface area contributed by atoms with Gasteiger partial charge in [0.1, 0.15) is 12.2 Å². The van der Waals surface area contributed by atoms with Gasteiger partial charge in [-0.3, -0.25) is 4.68 Å². The molecular weight excluding hydrogens is 216 g/mol. The first kappa shape index (κ1) is 10.6. The summed E-state index contributed by atoms with van der Waals surface area (Å²) in [6.07, 6.45) is 2.41. The van der Waals surface area contributed by atoms with Crippen molar-refractivity contribution in [3.8, 4) is 0 Å². The molecule has 0 aromatic carbocycles. The van der Waals surface area contributed by atoms with Crippen LogP contribution in [0, 0.1) is 0 Å². The minimum atomic E-state index is -2.95. The summed E-state index contributed by atoms with van der Waals surface area (Å²) in [7, 11) is -1.18. The van der Waals surface area contributed by atoms with Crippen LogP contribution in [0.3, 0.4) is 0 Å². The molecule has 2 rings (SSSR count). The lowest BCUT2D eigenvalue weighted by molar-refractivity contribution is 0.454. The zero-order valence-electron chi connectivity index (χ0n) is 8.55. The van der Waals surface area contributed by atoms with Crippen LogP contribution >= 0.6 is 0 Å². The van der Waals surface area contributed by atoms with E-state index in [1.807, 2.05) is 0 Å². The Morgan fingerprint density at radius 1 is 1.67 bits per heavy atom. The summed E-state index contributed by atoms with van der Waals surface area (Å²) >= 11 is 0. The number of sulfone groups is 1. The number of nitrogens with two attached hydrogens (primary N) is 1. The van der Waals surface area contributed by atoms with Crippen LogP contribution in [0.2, 0.25) is 0 Å². The minimum Gasteiger partial charge on any atom is -0.324 e. The predicted molar refractivity (Wildman–Crippen MR) is 54.9 cm³/mol. The van der Waals surface area contributed by atoms with Crippen molar-refractivity contribution in [2.75, 3.05) is 11.5 Å². The largest absolute Gasteiger partial charge is 0.324 e. The molecule has 0 radical (unpaired) electrons. The molecule has 1 aromatic heterocycles. The van der Waals surface area contributed by atoms with Gasteiger partial charge in [-0.25, -0.2) is 13.4 Å². The van der Waals surface area contributed by atoms with Gasteiger partial charge in [0.05, 0.1) is 11.5 Å². The van der Waals surface area contributed by atoms with E-state index in [0.717, 1.165) is 5.82 Å². The molecule has 6 nitrogen and oxygen atoms in total. The van der Waals surface area contributed by atoms with Gasteiger partial charge in [-0.05, 0) is 6.42 Å². The fourth-order valence-corrected chi connectivity index (χ4v) is 3.86.